The lowest BCUT2D eigenvalue weighted by molar-refractivity contribution is 0.559. The Hall–Kier alpha value is -0.780. The second-order valence-electron chi connectivity index (χ2n) is 3.11. The first-order valence-corrected chi connectivity index (χ1v) is 4.30. The summed E-state index contributed by atoms with van der Waals surface area (Å²) in [5, 5.41) is 0. The molecule has 60 valence electrons. The fourth-order valence-electron chi connectivity index (χ4n) is 1.77. The van der Waals surface area contributed by atoms with Crippen molar-refractivity contribution in [1.82, 2.24) is 0 Å². The van der Waals surface area contributed by atoms with E-state index < -0.39 is 0 Å². The van der Waals surface area contributed by atoms with Crippen LogP contribution in [-0.2, 0) is 0 Å². The molecule has 0 spiro atoms. The van der Waals surface area contributed by atoms with Crippen molar-refractivity contribution < 1.29 is 0 Å². The van der Waals surface area contributed by atoms with Crippen molar-refractivity contribution in [2.75, 3.05) is 0 Å². The Morgan fingerprint density at radius 3 is 2.45 bits per heavy atom. The topological polar surface area (TPSA) is 0 Å². The minimum absolute atomic E-state index is 0.714. The summed E-state index contributed by atoms with van der Waals surface area (Å²) in [6.45, 7) is 7.50. The van der Waals surface area contributed by atoms with E-state index in [2.05, 4.69) is 25.3 Å². The Morgan fingerprint density at radius 2 is 1.82 bits per heavy atom. The van der Waals surface area contributed by atoms with E-state index in [1.807, 2.05) is 12.2 Å². The van der Waals surface area contributed by atoms with E-state index in [-0.39, 0.29) is 0 Å². The van der Waals surface area contributed by atoms with Crippen molar-refractivity contribution in [1.29, 1.82) is 0 Å². The van der Waals surface area contributed by atoms with E-state index >= 15 is 0 Å². The smallest absolute Gasteiger partial charge is 0.0167 e. The maximum Gasteiger partial charge on any atom is -0.0167 e. The van der Waals surface area contributed by atoms with Gasteiger partial charge in [-0.15, -0.1) is 6.58 Å². The predicted molar refractivity (Wildman–Crippen MR) is 50.4 cm³/mol. The zero-order valence-electron chi connectivity index (χ0n) is 7.00. The summed E-state index contributed by atoms with van der Waals surface area (Å²) in [7, 11) is 0. The molecule has 0 bridgehead atoms. The summed E-state index contributed by atoms with van der Waals surface area (Å²) in [4.78, 5) is 0. The molecule has 0 radical (unpaired) electrons. The van der Waals surface area contributed by atoms with E-state index in [1.54, 1.807) is 0 Å². The van der Waals surface area contributed by atoms with Gasteiger partial charge in [0.15, 0.2) is 0 Å². The van der Waals surface area contributed by atoms with Gasteiger partial charge in [0.25, 0.3) is 0 Å². The fraction of sp³-hybridized carbons (Fsp3) is 0.455. The molecular weight excluding hydrogens is 132 g/mol. The van der Waals surface area contributed by atoms with Crippen molar-refractivity contribution in [3.8, 4) is 0 Å². The van der Waals surface area contributed by atoms with Gasteiger partial charge < -0.3 is 0 Å². The molecule has 0 aromatic rings. The minimum atomic E-state index is 0.714. The van der Waals surface area contributed by atoms with Gasteiger partial charge in [-0.1, -0.05) is 37.3 Å². The van der Waals surface area contributed by atoms with Crippen LogP contribution >= 0.6 is 0 Å². The van der Waals surface area contributed by atoms with Crippen LogP contribution in [-0.4, -0.2) is 0 Å². The third-order valence-corrected chi connectivity index (χ3v) is 2.42. The number of rotatable bonds is 3. The predicted octanol–water partition coefficient (Wildman–Crippen LogP) is 3.33. The fourth-order valence-corrected chi connectivity index (χ4v) is 1.77. The summed E-state index contributed by atoms with van der Waals surface area (Å²) in [6.07, 6.45) is 12.2. The average molecular weight is 148 g/mol. The van der Waals surface area contributed by atoms with Crippen molar-refractivity contribution in [2.24, 2.45) is 11.8 Å². The normalized spacial score (nSPS) is 30.9. The largest absolute Gasteiger partial charge is 0.103 e. The van der Waals surface area contributed by atoms with Crippen LogP contribution in [0.4, 0.5) is 0 Å². The van der Waals surface area contributed by atoms with Crippen LogP contribution in [0.5, 0.6) is 0 Å². The average Bonchev–Trinajstić information content (AvgIpc) is 2.47. The van der Waals surface area contributed by atoms with Crippen molar-refractivity contribution in [2.45, 2.75) is 19.3 Å². The summed E-state index contributed by atoms with van der Waals surface area (Å²) in [6, 6.07) is 0. The molecule has 0 heteroatoms. The highest BCUT2D eigenvalue weighted by Gasteiger charge is 2.21. The van der Waals surface area contributed by atoms with Crippen LogP contribution < -0.4 is 0 Å². The molecule has 1 aliphatic rings. The zero-order chi connectivity index (χ0) is 8.10. The Kier molecular flexibility index (Phi) is 3.15. The Balaban J connectivity index is 2.49. The monoisotopic (exact) mass is 148 g/mol. The van der Waals surface area contributed by atoms with Crippen LogP contribution in [0.15, 0.2) is 37.5 Å². The third-order valence-electron chi connectivity index (χ3n) is 2.42. The number of allylic oxidation sites excluding steroid dienone is 4. The van der Waals surface area contributed by atoms with Gasteiger partial charge in [0.05, 0.1) is 0 Å². The van der Waals surface area contributed by atoms with Gasteiger partial charge in [-0.05, 0) is 24.7 Å². The molecular formula is C11H16. The first-order chi connectivity index (χ1) is 5.38. The highest BCUT2D eigenvalue weighted by Crippen LogP contribution is 2.33. The Labute approximate surface area is 69.3 Å². The molecule has 1 fully saturated rings. The highest BCUT2D eigenvalue weighted by atomic mass is 14.3. The van der Waals surface area contributed by atoms with Crippen molar-refractivity contribution >= 4 is 0 Å². The minimum Gasteiger partial charge on any atom is -0.103 e. The third kappa shape index (κ3) is 2.07. The van der Waals surface area contributed by atoms with Crippen LogP contribution in [0, 0.1) is 11.8 Å². The van der Waals surface area contributed by atoms with Gasteiger partial charge >= 0.3 is 0 Å². The summed E-state index contributed by atoms with van der Waals surface area (Å²) >= 11 is 0. The molecule has 0 unspecified atom stereocenters. The summed E-state index contributed by atoms with van der Waals surface area (Å²) < 4.78 is 0. The standard InChI is InChI=1S/C11H16/c1-3-5-7-11-9-6-8-10(11)4-2/h3-5,7,10-11H,1-2,6,8-9H2/b7-5-/t10-,11+/m1/s1. The second kappa shape index (κ2) is 4.17. The number of hydrogen-bond acceptors (Lipinski definition) is 0. The second-order valence-corrected chi connectivity index (χ2v) is 3.11. The van der Waals surface area contributed by atoms with Gasteiger partial charge in [-0.2, -0.15) is 0 Å². The number of hydrogen-bond donors (Lipinski definition) is 0. The molecule has 0 nitrogen and oxygen atoms in total. The molecule has 1 saturated carbocycles. The van der Waals surface area contributed by atoms with Crippen LogP contribution in [0.25, 0.3) is 0 Å². The molecule has 0 heterocycles. The molecule has 2 atom stereocenters. The van der Waals surface area contributed by atoms with Gasteiger partial charge in [0.1, 0.15) is 0 Å². The first-order valence-electron chi connectivity index (χ1n) is 4.30. The molecule has 1 rings (SSSR count). The maximum atomic E-state index is 3.84. The molecule has 0 saturated heterocycles. The molecule has 0 aliphatic heterocycles. The Morgan fingerprint density at radius 1 is 1.09 bits per heavy atom. The highest BCUT2D eigenvalue weighted by molar-refractivity contribution is 5.05. The zero-order valence-corrected chi connectivity index (χ0v) is 7.00. The first kappa shape index (κ1) is 8.32. The van der Waals surface area contributed by atoms with Gasteiger partial charge in [0, 0.05) is 0 Å². The van der Waals surface area contributed by atoms with Crippen molar-refractivity contribution in [3.05, 3.63) is 37.5 Å². The lowest BCUT2D eigenvalue weighted by Gasteiger charge is -2.09. The summed E-state index contributed by atoms with van der Waals surface area (Å²) in [5.74, 6) is 1.44. The lowest BCUT2D eigenvalue weighted by Crippen LogP contribution is -2.00. The molecule has 11 heavy (non-hydrogen) atoms. The quantitative estimate of drug-likeness (QED) is 0.425. The molecule has 0 N–H and O–H groups in total. The lowest BCUT2D eigenvalue weighted by atomic mass is 9.96. The van der Waals surface area contributed by atoms with Crippen LogP contribution in [0.3, 0.4) is 0 Å². The molecule has 1 aliphatic carbocycles. The molecule has 0 aromatic heterocycles. The molecule has 0 aromatic carbocycles. The van der Waals surface area contributed by atoms with Gasteiger partial charge in [0.2, 0.25) is 0 Å². The molecule has 0 amide bonds. The van der Waals surface area contributed by atoms with E-state index in [4.69, 9.17) is 0 Å². The Bertz CT molecular complexity index is 165. The van der Waals surface area contributed by atoms with Crippen LogP contribution in [0.2, 0.25) is 0 Å². The SMILES string of the molecule is C=C/C=C\[C@H]1CCC[C@H]1C=C. The van der Waals surface area contributed by atoms with Gasteiger partial charge in [-0.3, -0.25) is 0 Å². The van der Waals surface area contributed by atoms with Crippen molar-refractivity contribution in [3.63, 3.8) is 0 Å². The van der Waals surface area contributed by atoms with Crippen LogP contribution in [0.1, 0.15) is 19.3 Å². The van der Waals surface area contributed by atoms with E-state index in [0.29, 0.717) is 5.92 Å². The maximum absolute atomic E-state index is 3.84. The van der Waals surface area contributed by atoms with E-state index in [9.17, 15) is 0 Å². The summed E-state index contributed by atoms with van der Waals surface area (Å²) in [5.41, 5.74) is 0. The van der Waals surface area contributed by atoms with Gasteiger partial charge in [-0.25, -0.2) is 0 Å². The van der Waals surface area contributed by atoms with E-state index in [0.717, 1.165) is 5.92 Å². The van der Waals surface area contributed by atoms with E-state index in [1.165, 1.54) is 19.3 Å².